The summed E-state index contributed by atoms with van der Waals surface area (Å²) in [6.45, 7) is 0.0766. The molecule has 0 amide bonds. The number of aromatic nitrogens is 5. The van der Waals surface area contributed by atoms with E-state index in [1.54, 1.807) is 12.1 Å². The molecular weight excluding hydrogens is 546 g/mol. The summed E-state index contributed by atoms with van der Waals surface area (Å²) in [5.41, 5.74) is 0.320. The zero-order chi connectivity index (χ0) is 29.2. The van der Waals surface area contributed by atoms with E-state index in [9.17, 15) is 19.1 Å². The van der Waals surface area contributed by atoms with Gasteiger partial charge in [-0.05, 0) is 60.9 Å². The molecule has 2 aromatic carbocycles. The van der Waals surface area contributed by atoms with Crippen molar-refractivity contribution in [2.24, 2.45) is 5.92 Å². The molecule has 5 aromatic rings. The first-order chi connectivity index (χ1) is 20.4. The monoisotopic (exact) mass is 572 g/mol. The van der Waals surface area contributed by atoms with Gasteiger partial charge in [0, 0.05) is 43.4 Å². The first-order valence-corrected chi connectivity index (χ1v) is 13.5. The first-order valence-electron chi connectivity index (χ1n) is 13.5. The number of aliphatic hydroxyl groups is 1. The quantitative estimate of drug-likeness (QED) is 0.219. The standard InChI is InChI=1S/C30H26F2N6O4/c31-19-5-7-20(8-6-19)38-30(41)21(10-13-34-38)24(40)15-17-4-9-25(22(32)14-17)42-26-11-12-33-28-27(26)29(37-36-28)35-23-3-1-2-18(23)16-39/h4-14,18,23,39H,1-3,15-16H2,(H2,33,35,36,37)/t18-,23?/m0/s1. The first kappa shape index (κ1) is 27.2. The third kappa shape index (κ3) is 5.36. The second-order valence-electron chi connectivity index (χ2n) is 10.1. The highest BCUT2D eigenvalue weighted by Crippen LogP contribution is 2.36. The number of Topliss-reactive ketones (excluding diaryl/α,β-unsaturated/α-hetero) is 1. The highest BCUT2D eigenvalue weighted by molar-refractivity contribution is 5.97. The Morgan fingerprint density at radius 2 is 1.90 bits per heavy atom. The van der Waals surface area contributed by atoms with E-state index < -0.39 is 23.0 Å². The van der Waals surface area contributed by atoms with E-state index in [-0.39, 0.29) is 36.3 Å². The van der Waals surface area contributed by atoms with Gasteiger partial charge < -0.3 is 15.2 Å². The van der Waals surface area contributed by atoms with Crippen LogP contribution in [0.15, 0.2) is 71.8 Å². The number of carbonyl (C=O) groups is 1. The molecule has 0 aliphatic heterocycles. The Labute approximate surface area is 238 Å². The second kappa shape index (κ2) is 11.5. The van der Waals surface area contributed by atoms with E-state index >= 15 is 4.39 Å². The summed E-state index contributed by atoms with van der Waals surface area (Å²) in [7, 11) is 0. The van der Waals surface area contributed by atoms with Gasteiger partial charge in [-0.25, -0.2) is 13.8 Å². The predicted octanol–water partition coefficient (Wildman–Crippen LogP) is 4.57. The maximum Gasteiger partial charge on any atom is 0.282 e. The number of rotatable bonds is 9. The Morgan fingerprint density at radius 3 is 2.69 bits per heavy atom. The Kier molecular flexibility index (Phi) is 7.44. The molecule has 6 rings (SSSR count). The van der Waals surface area contributed by atoms with Crippen molar-refractivity contribution in [2.45, 2.75) is 31.7 Å². The van der Waals surface area contributed by atoms with Gasteiger partial charge in [-0.1, -0.05) is 12.5 Å². The van der Waals surface area contributed by atoms with Crippen molar-refractivity contribution >= 4 is 22.6 Å². The molecule has 42 heavy (non-hydrogen) atoms. The number of aliphatic hydroxyl groups excluding tert-OH is 1. The van der Waals surface area contributed by atoms with Gasteiger partial charge in [-0.15, -0.1) is 0 Å². The van der Waals surface area contributed by atoms with Crippen LogP contribution in [0.25, 0.3) is 16.7 Å². The number of fused-ring (bicyclic) bond motifs is 1. The molecule has 214 valence electrons. The lowest BCUT2D eigenvalue weighted by atomic mass is 10.0. The highest BCUT2D eigenvalue weighted by Gasteiger charge is 2.28. The molecule has 1 aliphatic carbocycles. The number of aromatic amines is 1. The van der Waals surface area contributed by atoms with Crippen molar-refractivity contribution < 1.29 is 23.4 Å². The van der Waals surface area contributed by atoms with Crippen LogP contribution in [0.4, 0.5) is 14.6 Å². The number of ketones is 1. The molecule has 1 aliphatic rings. The van der Waals surface area contributed by atoms with Crippen molar-refractivity contribution in [1.82, 2.24) is 25.0 Å². The fourth-order valence-corrected chi connectivity index (χ4v) is 5.26. The minimum atomic E-state index is -0.696. The van der Waals surface area contributed by atoms with Gasteiger partial charge in [-0.2, -0.15) is 14.9 Å². The predicted molar refractivity (Wildman–Crippen MR) is 150 cm³/mol. The molecule has 0 saturated heterocycles. The molecule has 3 aromatic heterocycles. The number of hydrogen-bond donors (Lipinski definition) is 3. The third-order valence-corrected chi connectivity index (χ3v) is 7.44. The number of halogens is 2. The van der Waals surface area contributed by atoms with E-state index in [0.717, 1.165) is 23.9 Å². The zero-order valence-corrected chi connectivity index (χ0v) is 22.3. The fraction of sp³-hybridized carbons (Fsp3) is 0.233. The highest BCUT2D eigenvalue weighted by atomic mass is 19.1. The normalized spacial score (nSPS) is 16.5. The molecule has 0 radical (unpaired) electrons. The van der Waals surface area contributed by atoms with Crippen LogP contribution < -0.4 is 15.6 Å². The number of nitrogens with zero attached hydrogens (tertiary/aromatic N) is 4. The molecule has 12 heteroatoms. The molecule has 2 atom stereocenters. The van der Waals surface area contributed by atoms with E-state index in [1.165, 1.54) is 54.9 Å². The lowest BCUT2D eigenvalue weighted by Crippen LogP contribution is -2.27. The third-order valence-electron chi connectivity index (χ3n) is 7.44. The number of anilines is 1. The van der Waals surface area contributed by atoms with Crippen LogP contribution in [0.3, 0.4) is 0 Å². The SMILES string of the molecule is O=C(Cc1ccc(Oc2ccnc3[nH]nc(NC4CCC[C@H]4CO)c23)c(F)c1)c1ccnn(-c2ccc(F)cc2)c1=O. The molecule has 3 heterocycles. The molecule has 0 spiro atoms. The van der Waals surface area contributed by atoms with Crippen LogP contribution in [0.5, 0.6) is 11.5 Å². The molecular formula is C30H26F2N6O4. The summed E-state index contributed by atoms with van der Waals surface area (Å²) < 4.78 is 35.4. The van der Waals surface area contributed by atoms with E-state index in [0.29, 0.717) is 33.9 Å². The Bertz CT molecular complexity index is 1820. The Balaban J connectivity index is 1.21. The van der Waals surface area contributed by atoms with Crippen molar-refractivity contribution in [2.75, 3.05) is 11.9 Å². The summed E-state index contributed by atoms with van der Waals surface area (Å²) in [6, 6.07) is 12.2. The topological polar surface area (TPSA) is 135 Å². The summed E-state index contributed by atoms with van der Waals surface area (Å²) in [5.74, 6) is -0.808. The van der Waals surface area contributed by atoms with Crippen LogP contribution >= 0.6 is 0 Å². The minimum absolute atomic E-state index is 0.0447. The van der Waals surface area contributed by atoms with Crippen LogP contribution in [0.2, 0.25) is 0 Å². The van der Waals surface area contributed by atoms with Gasteiger partial charge in [0.1, 0.15) is 17.0 Å². The van der Waals surface area contributed by atoms with Crippen LogP contribution in [-0.4, -0.2) is 48.5 Å². The average Bonchev–Trinajstić information content (AvgIpc) is 3.62. The smallest absolute Gasteiger partial charge is 0.282 e. The summed E-state index contributed by atoms with van der Waals surface area (Å²) in [4.78, 5) is 30.2. The van der Waals surface area contributed by atoms with Gasteiger partial charge in [0.25, 0.3) is 5.56 Å². The summed E-state index contributed by atoms with van der Waals surface area (Å²) in [6.07, 6.45) is 5.40. The molecule has 1 unspecified atom stereocenters. The number of nitrogens with one attached hydrogen (secondary N) is 2. The molecule has 10 nitrogen and oxygen atoms in total. The average molecular weight is 573 g/mol. The van der Waals surface area contributed by atoms with E-state index in [4.69, 9.17) is 4.74 Å². The minimum Gasteiger partial charge on any atom is -0.453 e. The molecule has 3 N–H and O–H groups in total. The second-order valence-corrected chi connectivity index (χ2v) is 10.1. The van der Waals surface area contributed by atoms with Crippen molar-refractivity contribution in [3.8, 4) is 17.2 Å². The van der Waals surface area contributed by atoms with Crippen LogP contribution in [0.1, 0.15) is 35.2 Å². The van der Waals surface area contributed by atoms with Crippen molar-refractivity contribution in [1.29, 1.82) is 0 Å². The van der Waals surface area contributed by atoms with Crippen LogP contribution in [0, 0.1) is 17.6 Å². The number of hydrogen-bond acceptors (Lipinski definition) is 8. The Hall–Kier alpha value is -4.97. The largest absolute Gasteiger partial charge is 0.453 e. The van der Waals surface area contributed by atoms with Crippen LogP contribution in [-0.2, 0) is 6.42 Å². The van der Waals surface area contributed by atoms with Gasteiger partial charge in [0.05, 0.1) is 11.3 Å². The van der Waals surface area contributed by atoms with Gasteiger partial charge in [0.15, 0.2) is 28.8 Å². The van der Waals surface area contributed by atoms with E-state index in [1.807, 2.05) is 0 Å². The van der Waals surface area contributed by atoms with Gasteiger partial charge in [-0.3, -0.25) is 14.7 Å². The summed E-state index contributed by atoms with van der Waals surface area (Å²) in [5, 5.41) is 24.8. The number of benzene rings is 2. The van der Waals surface area contributed by atoms with Gasteiger partial charge >= 0.3 is 0 Å². The van der Waals surface area contributed by atoms with E-state index in [2.05, 4.69) is 25.6 Å². The lowest BCUT2D eigenvalue weighted by molar-refractivity contribution is 0.0991. The lowest BCUT2D eigenvalue weighted by Gasteiger charge is -2.19. The maximum absolute atomic E-state index is 15.2. The van der Waals surface area contributed by atoms with Crippen molar-refractivity contribution in [3.63, 3.8) is 0 Å². The number of H-pyrrole nitrogens is 1. The maximum atomic E-state index is 15.2. The fourth-order valence-electron chi connectivity index (χ4n) is 5.26. The number of ether oxygens (including phenoxy) is 1. The Morgan fingerprint density at radius 1 is 1.07 bits per heavy atom. The number of carbonyl (C=O) groups excluding carboxylic acids is 1. The molecule has 1 saturated carbocycles. The van der Waals surface area contributed by atoms with Crippen molar-refractivity contribution in [3.05, 3.63) is 100 Å². The molecule has 0 bridgehead atoms. The zero-order valence-electron chi connectivity index (χ0n) is 22.3. The van der Waals surface area contributed by atoms with Gasteiger partial charge in [0.2, 0.25) is 0 Å². The molecule has 1 fully saturated rings. The number of pyridine rings is 1. The summed E-state index contributed by atoms with van der Waals surface area (Å²) >= 11 is 0.